The molecule has 1 rings (SSSR count). The van der Waals surface area contributed by atoms with Crippen LogP contribution in [0.1, 0.15) is 6.42 Å². The van der Waals surface area contributed by atoms with E-state index < -0.39 is 25.7 Å². The second-order valence-corrected chi connectivity index (χ2v) is 18.6. The zero-order valence-electron chi connectivity index (χ0n) is 6.52. The summed E-state index contributed by atoms with van der Waals surface area (Å²) >= 11 is -1.69. The molecule has 0 saturated carbocycles. The molecule has 0 nitrogen and oxygen atoms in total. The Hall–Kier alpha value is 0.584. The van der Waals surface area contributed by atoms with Crippen LogP contribution in [-0.4, -0.2) is 0 Å². The molecule has 0 unspecified atom stereocenters. The van der Waals surface area contributed by atoms with Crippen molar-refractivity contribution in [3.8, 4) is 0 Å². The van der Waals surface area contributed by atoms with Crippen LogP contribution in [0.3, 0.4) is 0 Å². The molecule has 0 aliphatic heterocycles. The summed E-state index contributed by atoms with van der Waals surface area (Å²) < 4.78 is 9.19. The van der Waals surface area contributed by atoms with Crippen LogP contribution in [0.15, 0.2) is 20.6 Å². The number of allylic oxidation sites excluding steroid dienone is 4. The van der Waals surface area contributed by atoms with E-state index in [0.29, 0.717) is 0 Å². The minimum atomic E-state index is -1.69. The Bertz CT molecular complexity index is 158. The molecule has 0 N–H and O–H groups in total. The summed E-state index contributed by atoms with van der Waals surface area (Å²) in [6.45, 7) is 0. The van der Waals surface area contributed by atoms with Gasteiger partial charge in [0, 0.05) is 0 Å². The third kappa shape index (κ3) is 2.02. The number of hydrogen-bond acceptors (Lipinski definition) is 0. The van der Waals surface area contributed by atoms with Gasteiger partial charge in [0.25, 0.3) is 0 Å². The quantitative estimate of drug-likeness (QED) is 0.608. The summed E-state index contributed by atoms with van der Waals surface area (Å²) in [7, 11) is 0. The summed E-state index contributed by atoms with van der Waals surface area (Å²) in [5.41, 5.74) is 0. The van der Waals surface area contributed by atoms with Crippen LogP contribution in [0.2, 0.25) is 11.2 Å². The maximum absolute atomic E-state index is 2.48. The van der Waals surface area contributed by atoms with Gasteiger partial charge in [0.05, 0.1) is 0 Å². The summed E-state index contributed by atoms with van der Waals surface area (Å²) in [6, 6.07) is 0. The van der Waals surface area contributed by atoms with Crippen LogP contribution in [-0.2, 0) is 25.7 Å². The zero-order valence-corrected chi connectivity index (χ0v) is 9.35. The van der Waals surface area contributed by atoms with Gasteiger partial charge in [-0.25, -0.2) is 0 Å². The Balaban J connectivity index is 2.66. The third-order valence-electron chi connectivity index (χ3n) is 1.91. The van der Waals surface area contributed by atoms with E-state index in [-0.39, 0.29) is 0 Å². The van der Waals surface area contributed by atoms with Crippen molar-refractivity contribution in [1.29, 1.82) is 0 Å². The molecule has 0 aromatic carbocycles. The van der Waals surface area contributed by atoms with Crippen LogP contribution in [0.5, 0.6) is 0 Å². The Morgan fingerprint density at radius 3 is 2.22 bits per heavy atom. The van der Waals surface area contributed by atoms with Gasteiger partial charge in [-0.2, -0.15) is 0 Å². The molecule has 9 heavy (non-hydrogen) atoms. The van der Waals surface area contributed by atoms with Crippen molar-refractivity contribution < 1.29 is 25.7 Å². The van der Waals surface area contributed by atoms with Crippen LogP contribution in [0.4, 0.5) is 0 Å². The Labute approximate surface area is 63.5 Å². The van der Waals surface area contributed by atoms with Crippen molar-refractivity contribution in [3.05, 3.63) is 20.6 Å². The van der Waals surface area contributed by atoms with Gasteiger partial charge in [-0.3, -0.25) is 0 Å². The molecule has 0 spiro atoms. The molecule has 0 radical (unpaired) electrons. The molecule has 0 atom stereocenters. The van der Waals surface area contributed by atoms with Gasteiger partial charge in [0.15, 0.2) is 0 Å². The molecule has 0 bridgehead atoms. The van der Waals surface area contributed by atoms with Gasteiger partial charge in [-0.15, -0.1) is 0 Å². The van der Waals surface area contributed by atoms with E-state index in [0.717, 1.165) is 0 Å². The third-order valence-corrected chi connectivity index (χ3v) is 8.43. The first-order valence-electron chi connectivity index (χ1n) is 3.74. The molecule has 0 aromatic heterocycles. The molecule has 1 aliphatic carbocycles. The van der Waals surface area contributed by atoms with Gasteiger partial charge in [0.1, 0.15) is 0 Å². The molecule has 1 heteroatoms. The van der Waals surface area contributed by atoms with E-state index in [4.69, 9.17) is 0 Å². The normalized spacial score (nSPS) is 18.3. The summed E-state index contributed by atoms with van der Waals surface area (Å²) in [4.78, 5) is 0. The standard InChI is InChI=1S/C5H5.3CH3.Y/c1-2-4-5-3-1;;;;/h1-3H,4H2;3*1H3;. The molecule has 0 saturated heterocycles. The second-order valence-electron chi connectivity index (χ2n) is 3.97. The van der Waals surface area contributed by atoms with Gasteiger partial charge < -0.3 is 0 Å². The Kier molecular flexibility index (Phi) is 2.29. The van der Waals surface area contributed by atoms with Crippen molar-refractivity contribution in [2.75, 3.05) is 0 Å². The predicted octanol–water partition coefficient (Wildman–Crippen LogP) is 3.13. The molecule has 0 heterocycles. The van der Waals surface area contributed by atoms with Crippen molar-refractivity contribution in [1.82, 2.24) is 0 Å². The maximum atomic E-state index is 2.48. The van der Waals surface area contributed by atoms with Crippen LogP contribution in [0.25, 0.3) is 0 Å². The van der Waals surface area contributed by atoms with E-state index in [1.807, 2.05) is 0 Å². The van der Waals surface area contributed by atoms with Gasteiger partial charge in [0.2, 0.25) is 0 Å². The molecular formula is C8H14Y. The van der Waals surface area contributed by atoms with Gasteiger partial charge in [-0.1, -0.05) is 0 Å². The van der Waals surface area contributed by atoms with E-state index in [9.17, 15) is 0 Å². The van der Waals surface area contributed by atoms with Crippen molar-refractivity contribution >= 4 is 0 Å². The van der Waals surface area contributed by atoms with E-state index >= 15 is 0 Å². The number of hydrogen-bond donors (Lipinski definition) is 0. The van der Waals surface area contributed by atoms with E-state index in [2.05, 4.69) is 29.4 Å². The molecule has 1 aliphatic rings. The topological polar surface area (TPSA) is 0 Å². The Morgan fingerprint density at radius 1 is 1.33 bits per heavy atom. The first kappa shape index (κ1) is 7.69. The van der Waals surface area contributed by atoms with Gasteiger partial charge >= 0.3 is 63.9 Å². The molecule has 0 amide bonds. The fourth-order valence-corrected chi connectivity index (χ4v) is 4.87. The molecule has 0 aromatic rings. The summed E-state index contributed by atoms with van der Waals surface area (Å²) in [5, 5.41) is 0. The van der Waals surface area contributed by atoms with Gasteiger partial charge in [-0.05, 0) is 0 Å². The molecular weight excluding hydrogens is 185 g/mol. The first-order chi connectivity index (χ1) is 4.11. The predicted molar refractivity (Wildman–Crippen MR) is 39.4 cm³/mol. The summed E-state index contributed by atoms with van der Waals surface area (Å²) in [5.74, 6) is 0. The monoisotopic (exact) mass is 199 g/mol. The van der Waals surface area contributed by atoms with Crippen molar-refractivity contribution in [3.63, 3.8) is 0 Å². The van der Waals surface area contributed by atoms with Crippen LogP contribution < -0.4 is 0 Å². The van der Waals surface area contributed by atoms with E-state index in [1.165, 1.54) is 6.42 Å². The number of rotatable bonds is 1. The first-order valence-corrected chi connectivity index (χ1v) is 13.7. The average molecular weight is 199 g/mol. The Morgan fingerprint density at radius 2 is 2.00 bits per heavy atom. The van der Waals surface area contributed by atoms with Crippen LogP contribution >= 0.6 is 0 Å². The molecule has 0 fully saturated rings. The van der Waals surface area contributed by atoms with Crippen molar-refractivity contribution in [2.24, 2.45) is 0 Å². The zero-order chi connectivity index (χ0) is 6.91. The fourth-order valence-electron chi connectivity index (χ4n) is 1.11. The fraction of sp³-hybridized carbons (Fsp3) is 0.500. The SMILES string of the molecule is [CH3][Y]([CH3])([CH3])[C]1=CC=CC1. The average Bonchev–Trinajstić information content (AvgIpc) is 2.08. The van der Waals surface area contributed by atoms with Crippen molar-refractivity contribution in [2.45, 2.75) is 17.6 Å². The van der Waals surface area contributed by atoms with Crippen LogP contribution in [0, 0.1) is 0 Å². The minimum absolute atomic E-state index is 1.25. The summed E-state index contributed by atoms with van der Waals surface area (Å²) in [6.07, 6.45) is 8.03. The second kappa shape index (κ2) is 2.68. The molecule has 49 valence electrons. The van der Waals surface area contributed by atoms with E-state index in [1.54, 1.807) is 2.38 Å².